The molecule has 2 aromatic carbocycles. The topological polar surface area (TPSA) is 106 Å². The SMILES string of the molecule is O=C1OCC(C(=O)NNC(=O)c2ccccc2Nc2ccc(C(F)(F)F)cc2)O1. The molecule has 0 spiro atoms. The summed E-state index contributed by atoms with van der Waals surface area (Å²) in [4.78, 5) is 35.0. The van der Waals surface area contributed by atoms with Crippen molar-refractivity contribution in [2.75, 3.05) is 11.9 Å². The summed E-state index contributed by atoms with van der Waals surface area (Å²) in [7, 11) is 0. The summed E-state index contributed by atoms with van der Waals surface area (Å²) in [5.41, 5.74) is 4.23. The molecule has 3 N–H and O–H groups in total. The number of hydrazine groups is 1. The summed E-state index contributed by atoms with van der Waals surface area (Å²) in [5.74, 6) is -1.48. The van der Waals surface area contributed by atoms with Gasteiger partial charge >= 0.3 is 12.3 Å². The number of amides is 2. The van der Waals surface area contributed by atoms with Crippen LogP contribution in [0.3, 0.4) is 0 Å². The number of alkyl halides is 3. The second-order valence-electron chi connectivity index (χ2n) is 5.86. The van der Waals surface area contributed by atoms with Crippen LogP contribution in [0.15, 0.2) is 48.5 Å². The van der Waals surface area contributed by atoms with Crippen LogP contribution in [0.2, 0.25) is 0 Å². The molecule has 2 amide bonds. The highest BCUT2D eigenvalue weighted by atomic mass is 19.4. The highest BCUT2D eigenvalue weighted by molar-refractivity contribution is 6.01. The molecule has 0 aliphatic carbocycles. The van der Waals surface area contributed by atoms with Gasteiger partial charge in [-0.1, -0.05) is 12.1 Å². The van der Waals surface area contributed by atoms with Crippen LogP contribution in [-0.2, 0) is 20.4 Å². The normalized spacial score (nSPS) is 15.8. The standard InChI is InChI=1S/C18H14F3N3O5/c19-18(20,21)10-5-7-11(8-6-10)22-13-4-2-1-3-12(13)15(25)23-24-16(26)14-9-28-17(27)29-14/h1-8,14,22H,9H2,(H,23,25)(H,24,26). The Balaban J connectivity index is 1.66. The molecule has 1 unspecified atom stereocenters. The van der Waals surface area contributed by atoms with E-state index in [1.54, 1.807) is 18.2 Å². The Hall–Kier alpha value is -3.76. The zero-order chi connectivity index (χ0) is 21.0. The van der Waals surface area contributed by atoms with Crippen LogP contribution in [0.1, 0.15) is 15.9 Å². The Morgan fingerprint density at radius 1 is 1.00 bits per heavy atom. The van der Waals surface area contributed by atoms with E-state index in [9.17, 15) is 27.6 Å². The van der Waals surface area contributed by atoms with Crippen molar-refractivity contribution in [1.29, 1.82) is 0 Å². The van der Waals surface area contributed by atoms with Crippen LogP contribution >= 0.6 is 0 Å². The molecule has 1 aliphatic rings. The van der Waals surface area contributed by atoms with Gasteiger partial charge in [-0.2, -0.15) is 13.2 Å². The number of cyclic esters (lactones) is 2. The average molecular weight is 409 g/mol. The number of anilines is 2. The van der Waals surface area contributed by atoms with Gasteiger partial charge in [-0.25, -0.2) is 4.79 Å². The molecule has 1 heterocycles. The van der Waals surface area contributed by atoms with Gasteiger partial charge in [-0.3, -0.25) is 20.4 Å². The number of hydrogen-bond donors (Lipinski definition) is 3. The van der Waals surface area contributed by atoms with E-state index in [1.807, 2.05) is 0 Å². The number of carbonyl (C=O) groups is 3. The summed E-state index contributed by atoms with van der Waals surface area (Å²) in [5, 5.41) is 2.85. The van der Waals surface area contributed by atoms with Crippen molar-refractivity contribution in [2.24, 2.45) is 0 Å². The zero-order valence-electron chi connectivity index (χ0n) is 14.6. The van der Waals surface area contributed by atoms with E-state index in [1.165, 1.54) is 18.2 Å². The van der Waals surface area contributed by atoms with Crippen LogP contribution in [0.25, 0.3) is 0 Å². The van der Waals surface area contributed by atoms with Gasteiger partial charge in [-0.05, 0) is 36.4 Å². The lowest BCUT2D eigenvalue weighted by Crippen LogP contribution is -2.47. The molecule has 1 aliphatic heterocycles. The summed E-state index contributed by atoms with van der Waals surface area (Å²) < 4.78 is 47.0. The third-order valence-electron chi connectivity index (χ3n) is 3.85. The molecule has 11 heteroatoms. The largest absolute Gasteiger partial charge is 0.509 e. The van der Waals surface area contributed by atoms with Gasteiger partial charge in [0, 0.05) is 5.69 Å². The molecule has 2 aromatic rings. The quantitative estimate of drug-likeness (QED) is 0.530. The lowest BCUT2D eigenvalue weighted by Gasteiger charge is -2.14. The van der Waals surface area contributed by atoms with Crippen molar-refractivity contribution < 1.29 is 37.0 Å². The molecule has 0 bridgehead atoms. The lowest BCUT2D eigenvalue weighted by atomic mass is 10.1. The van der Waals surface area contributed by atoms with Crippen molar-refractivity contribution >= 4 is 29.3 Å². The van der Waals surface area contributed by atoms with E-state index in [-0.39, 0.29) is 12.2 Å². The Bertz CT molecular complexity index is 931. The highest BCUT2D eigenvalue weighted by Crippen LogP contribution is 2.30. The molecular weight excluding hydrogens is 395 g/mol. The first-order valence-corrected chi connectivity index (χ1v) is 8.21. The lowest BCUT2D eigenvalue weighted by molar-refractivity contribution is -0.137. The number of nitrogens with one attached hydrogen (secondary N) is 3. The predicted molar refractivity (Wildman–Crippen MR) is 93.0 cm³/mol. The number of halogens is 3. The second kappa shape index (κ2) is 8.09. The maximum atomic E-state index is 12.7. The Kier molecular flexibility index (Phi) is 5.57. The molecule has 1 fully saturated rings. The maximum Gasteiger partial charge on any atom is 0.509 e. The summed E-state index contributed by atoms with van der Waals surface area (Å²) >= 11 is 0. The molecule has 0 aromatic heterocycles. The first-order chi connectivity index (χ1) is 13.7. The number of ether oxygens (including phenoxy) is 2. The van der Waals surface area contributed by atoms with Crippen molar-refractivity contribution in [3.05, 3.63) is 59.7 Å². The molecule has 3 rings (SSSR count). The molecule has 1 saturated heterocycles. The summed E-state index contributed by atoms with van der Waals surface area (Å²) in [6, 6.07) is 10.5. The monoisotopic (exact) mass is 409 g/mol. The van der Waals surface area contributed by atoms with Gasteiger partial charge in [-0.15, -0.1) is 0 Å². The Labute approximate surface area is 162 Å². The molecule has 0 saturated carbocycles. The minimum atomic E-state index is -4.45. The van der Waals surface area contributed by atoms with Gasteiger partial charge in [0.25, 0.3) is 11.8 Å². The molecule has 0 radical (unpaired) electrons. The maximum absolute atomic E-state index is 12.7. The number of rotatable bonds is 4. The molecule has 29 heavy (non-hydrogen) atoms. The van der Waals surface area contributed by atoms with Crippen molar-refractivity contribution in [1.82, 2.24) is 10.9 Å². The van der Waals surface area contributed by atoms with Gasteiger partial charge < -0.3 is 14.8 Å². The van der Waals surface area contributed by atoms with Gasteiger partial charge in [0.1, 0.15) is 6.61 Å². The second-order valence-corrected chi connectivity index (χ2v) is 5.86. The van der Waals surface area contributed by atoms with E-state index in [4.69, 9.17) is 0 Å². The van der Waals surface area contributed by atoms with Crippen LogP contribution < -0.4 is 16.2 Å². The number of benzene rings is 2. The fraction of sp³-hybridized carbons (Fsp3) is 0.167. The van der Waals surface area contributed by atoms with Crippen LogP contribution in [0.5, 0.6) is 0 Å². The Morgan fingerprint density at radius 3 is 2.31 bits per heavy atom. The first-order valence-electron chi connectivity index (χ1n) is 8.21. The fourth-order valence-corrected chi connectivity index (χ4v) is 2.41. The highest BCUT2D eigenvalue weighted by Gasteiger charge is 2.32. The zero-order valence-corrected chi connectivity index (χ0v) is 14.6. The smallest absolute Gasteiger partial charge is 0.430 e. The third-order valence-corrected chi connectivity index (χ3v) is 3.85. The van der Waals surface area contributed by atoms with Crippen LogP contribution in [0, 0.1) is 0 Å². The van der Waals surface area contributed by atoms with Crippen molar-refractivity contribution in [3.63, 3.8) is 0 Å². The first kappa shape index (κ1) is 20.0. The average Bonchev–Trinajstić information content (AvgIpc) is 3.12. The molecule has 152 valence electrons. The minimum Gasteiger partial charge on any atom is -0.430 e. The van der Waals surface area contributed by atoms with Gasteiger partial charge in [0.2, 0.25) is 6.10 Å². The molecular formula is C18H14F3N3O5. The summed E-state index contributed by atoms with van der Waals surface area (Å²) in [6.07, 6.45) is -6.61. The van der Waals surface area contributed by atoms with Crippen molar-refractivity contribution in [2.45, 2.75) is 12.3 Å². The Morgan fingerprint density at radius 2 is 1.69 bits per heavy atom. The van der Waals surface area contributed by atoms with Crippen LogP contribution in [-0.4, -0.2) is 30.7 Å². The van der Waals surface area contributed by atoms with E-state index < -0.39 is 35.8 Å². The molecule has 8 nitrogen and oxygen atoms in total. The number of para-hydroxylation sites is 1. The van der Waals surface area contributed by atoms with Crippen molar-refractivity contribution in [3.8, 4) is 0 Å². The van der Waals surface area contributed by atoms with Gasteiger partial charge in [0.15, 0.2) is 0 Å². The number of hydrogen-bond acceptors (Lipinski definition) is 6. The number of carbonyl (C=O) groups excluding carboxylic acids is 3. The minimum absolute atomic E-state index is 0.118. The summed E-state index contributed by atoms with van der Waals surface area (Å²) in [6.45, 7) is -0.271. The third kappa shape index (κ3) is 4.94. The fourth-order valence-electron chi connectivity index (χ4n) is 2.41. The molecule has 1 atom stereocenters. The van der Waals surface area contributed by atoms with Gasteiger partial charge in [0.05, 0.1) is 16.8 Å². The van der Waals surface area contributed by atoms with E-state index >= 15 is 0 Å². The van der Waals surface area contributed by atoms with E-state index in [2.05, 4.69) is 25.6 Å². The van der Waals surface area contributed by atoms with Crippen LogP contribution in [0.4, 0.5) is 29.3 Å². The van der Waals surface area contributed by atoms with E-state index in [0.717, 1.165) is 12.1 Å². The van der Waals surface area contributed by atoms with E-state index in [0.29, 0.717) is 11.4 Å². The predicted octanol–water partition coefficient (Wildman–Crippen LogP) is 2.75.